The molecule has 0 saturated heterocycles. The van der Waals surface area contributed by atoms with Crippen molar-refractivity contribution in [1.82, 2.24) is 4.31 Å². The van der Waals surface area contributed by atoms with Crippen LogP contribution in [-0.4, -0.2) is 32.9 Å². The molecule has 0 saturated carbocycles. The highest BCUT2D eigenvalue weighted by atomic mass is 79.9. The molecule has 0 unspecified atom stereocenters. The molecule has 0 aliphatic heterocycles. The average Bonchev–Trinajstić information content (AvgIpc) is 2.38. The lowest BCUT2D eigenvalue weighted by Gasteiger charge is -2.18. The molecular weight excluding hydrogens is 332 g/mol. The van der Waals surface area contributed by atoms with Crippen LogP contribution in [0.5, 0.6) is 5.75 Å². The second kappa shape index (κ2) is 6.89. The quantitative estimate of drug-likeness (QED) is 0.792. The summed E-state index contributed by atoms with van der Waals surface area (Å²) in [5, 5.41) is 8.53. The molecule has 0 N–H and O–H groups in total. The molecule has 0 atom stereocenters. The van der Waals surface area contributed by atoms with Gasteiger partial charge in [0.05, 0.1) is 12.7 Å². The van der Waals surface area contributed by atoms with Crippen LogP contribution in [0.2, 0.25) is 0 Å². The molecule has 0 radical (unpaired) electrons. The summed E-state index contributed by atoms with van der Waals surface area (Å²) < 4.78 is 32.0. The van der Waals surface area contributed by atoms with E-state index in [1.165, 1.54) is 13.1 Å². The molecular formula is C12H15BrN2O3S. The number of nitriles is 1. The van der Waals surface area contributed by atoms with E-state index in [0.717, 1.165) is 4.31 Å². The van der Waals surface area contributed by atoms with Crippen molar-refractivity contribution in [2.45, 2.75) is 18.2 Å². The van der Waals surface area contributed by atoms with Gasteiger partial charge in [-0.25, -0.2) is 8.42 Å². The Kier molecular flexibility index (Phi) is 5.79. The lowest BCUT2D eigenvalue weighted by atomic mass is 10.3. The molecule has 1 rings (SSSR count). The third-order valence-corrected chi connectivity index (χ3v) is 4.80. The molecule has 0 heterocycles. The van der Waals surface area contributed by atoms with Crippen LogP contribution in [0.15, 0.2) is 27.6 Å². The first-order valence-electron chi connectivity index (χ1n) is 5.69. The average molecular weight is 347 g/mol. The number of hydrogen-bond donors (Lipinski definition) is 0. The van der Waals surface area contributed by atoms with Crippen LogP contribution < -0.4 is 4.74 Å². The van der Waals surface area contributed by atoms with Crippen molar-refractivity contribution in [3.05, 3.63) is 22.7 Å². The van der Waals surface area contributed by atoms with Crippen molar-refractivity contribution in [2.24, 2.45) is 0 Å². The van der Waals surface area contributed by atoms with Gasteiger partial charge in [-0.2, -0.15) is 9.57 Å². The molecule has 0 aliphatic rings. The topological polar surface area (TPSA) is 70.4 Å². The first-order chi connectivity index (χ1) is 8.93. The minimum Gasteiger partial charge on any atom is -0.492 e. The number of nitrogens with zero attached hydrogens (tertiary/aromatic N) is 2. The van der Waals surface area contributed by atoms with Crippen molar-refractivity contribution >= 4 is 26.0 Å². The summed E-state index contributed by atoms with van der Waals surface area (Å²) in [6.45, 7) is 2.32. The fourth-order valence-electron chi connectivity index (χ4n) is 1.45. The molecule has 0 spiro atoms. The van der Waals surface area contributed by atoms with E-state index in [4.69, 9.17) is 10.00 Å². The van der Waals surface area contributed by atoms with Crippen LogP contribution in [0.3, 0.4) is 0 Å². The predicted molar refractivity (Wildman–Crippen MR) is 75.4 cm³/mol. The van der Waals surface area contributed by atoms with Crippen molar-refractivity contribution in [3.8, 4) is 11.8 Å². The maximum Gasteiger partial charge on any atom is 0.246 e. The van der Waals surface area contributed by atoms with E-state index in [2.05, 4.69) is 15.9 Å². The summed E-state index contributed by atoms with van der Waals surface area (Å²) in [6, 6.07) is 6.76. The summed E-state index contributed by atoms with van der Waals surface area (Å²) in [7, 11) is -2.21. The molecule has 5 nitrogen and oxygen atoms in total. The van der Waals surface area contributed by atoms with Gasteiger partial charge in [0.1, 0.15) is 10.6 Å². The largest absolute Gasteiger partial charge is 0.492 e. The zero-order valence-electron chi connectivity index (χ0n) is 10.8. The molecule has 0 aliphatic carbocycles. The molecule has 19 heavy (non-hydrogen) atoms. The molecule has 1 aromatic rings. The van der Waals surface area contributed by atoms with Gasteiger partial charge in [0.25, 0.3) is 0 Å². The van der Waals surface area contributed by atoms with Gasteiger partial charge in [-0.05, 0) is 25.1 Å². The van der Waals surface area contributed by atoms with Gasteiger partial charge in [-0.15, -0.1) is 0 Å². The molecule has 1 aromatic carbocycles. The summed E-state index contributed by atoms with van der Waals surface area (Å²) in [5.74, 6) is 0.314. The van der Waals surface area contributed by atoms with Gasteiger partial charge in [0, 0.05) is 24.5 Å². The second-order valence-electron chi connectivity index (χ2n) is 3.76. The van der Waals surface area contributed by atoms with E-state index in [1.54, 1.807) is 19.1 Å². The van der Waals surface area contributed by atoms with Crippen LogP contribution in [0.1, 0.15) is 13.3 Å². The number of ether oxygens (including phenoxy) is 1. The summed E-state index contributed by atoms with van der Waals surface area (Å²) in [4.78, 5) is 0.101. The molecule has 0 aromatic heterocycles. The zero-order chi connectivity index (χ0) is 14.5. The maximum atomic E-state index is 12.4. The number of benzene rings is 1. The first kappa shape index (κ1) is 16.0. The normalized spacial score (nSPS) is 11.3. The summed E-state index contributed by atoms with van der Waals surface area (Å²) in [6.07, 6.45) is 0.147. The monoisotopic (exact) mass is 346 g/mol. The fraction of sp³-hybridized carbons (Fsp3) is 0.417. The van der Waals surface area contributed by atoms with Crippen LogP contribution >= 0.6 is 15.9 Å². The summed E-state index contributed by atoms with van der Waals surface area (Å²) >= 11 is 3.25. The van der Waals surface area contributed by atoms with Gasteiger partial charge in [0.2, 0.25) is 10.0 Å². The summed E-state index contributed by atoms with van der Waals surface area (Å²) in [5.41, 5.74) is 0. The standard InChI is InChI=1S/C12H15BrN2O3S/c1-3-18-11-6-5-10(13)9-12(11)19(16,17)15(2)8-4-7-14/h5-6,9H,3-4,8H2,1-2H3. The van der Waals surface area contributed by atoms with Crippen molar-refractivity contribution in [3.63, 3.8) is 0 Å². The van der Waals surface area contributed by atoms with E-state index >= 15 is 0 Å². The Morgan fingerprint density at radius 2 is 2.16 bits per heavy atom. The predicted octanol–water partition coefficient (Wildman–Crippen LogP) is 2.38. The number of halogens is 1. The second-order valence-corrected chi connectivity index (χ2v) is 6.69. The Bertz CT molecular complexity index is 581. The highest BCUT2D eigenvalue weighted by Gasteiger charge is 2.24. The Morgan fingerprint density at radius 3 is 2.74 bits per heavy atom. The molecule has 104 valence electrons. The van der Waals surface area contributed by atoms with Crippen molar-refractivity contribution < 1.29 is 13.2 Å². The van der Waals surface area contributed by atoms with E-state index < -0.39 is 10.0 Å². The van der Waals surface area contributed by atoms with Crippen molar-refractivity contribution in [1.29, 1.82) is 5.26 Å². The minimum atomic E-state index is -3.66. The van der Waals surface area contributed by atoms with Crippen LogP contribution in [-0.2, 0) is 10.0 Å². The van der Waals surface area contributed by atoms with Crippen LogP contribution in [0.4, 0.5) is 0 Å². The smallest absolute Gasteiger partial charge is 0.246 e. The lowest BCUT2D eigenvalue weighted by Crippen LogP contribution is -2.28. The third kappa shape index (κ3) is 3.93. The lowest BCUT2D eigenvalue weighted by molar-refractivity contribution is 0.329. The molecule has 0 fully saturated rings. The Morgan fingerprint density at radius 1 is 1.47 bits per heavy atom. The first-order valence-corrected chi connectivity index (χ1v) is 7.92. The minimum absolute atomic E-state index is 0.101. The van der Waals surface area contributed by atoms with E-state index in [-0.39, 0.29) is 17.9 Å². The number of hydrogen-bond acceptors (Lipinski definition) is 4. The van der Waals surface area contributed by atoms with Gasteiger partial charge >= 0.3 is 0 Å². The Balaban J connectivity index is 3.19. The number of sulfonamides is 1. The van der Waals surface area contributed by atoms with Crippen LogP contribution in [0, 0.1) is 11.3 Å². The SMILES string of the molecule is CCOc1ccc(Br)cc1S(=O)(=O)N(C)CCC#N. The molecule has 0 bridgehead atoms. The van der Waals surface area contributed by atoms with E-state index in [0.29, 0.717) is 16.8 Å². The van der Waals surface area contributed by atoms with Gasteiger partial charge in [0.15, 0.2) is 0 Å². The number of rotatable bonds is 6. The highest BCUT2D eigenvalue weighted by molar-refractivity contribution is 9.10. The van der Waals surface area contributed by atoms with Gasteiger partial charge in [-0.1, -0.05) is 15.9 Å². The van der Waals surface area contributed by atoms with E-state index in [1.807, 2.05) is 6.07 Å². The van der Waals surface area contributed by atoms with Crippen LogP contribution in [0.25, 0.3) is 0 Å². The van der Waals surface area contributed by atoms with Gasteiger partial charge in [-0.3, -0.25) is 0 Å². The molecule has 0 amide bonds. The Labute approximate surface area is 122 Å². The third-order valence-electron chi connectivity index (χ3n) is 2.43. The highest BCUT2D eigenvalue weighted by Crippen LogP contribution is 2.29. The maximum absolute atomic E-state index is 12.4. The van der Waals surface area contributed by atoms with Crippen molar-refractivity contribution in [2.75, 3.05) is 20.2 Å². The fourth-order valence-corrected chi connectivity index (χ4v) is 3.29. The Hall–Kier alpha value is -1.10. The zero-order valence-corrected chi connectivity index (χ0v) is 13.2. The molecule has 7 heteroatoms. The van der Waals surface area contributed by atoms with E-state index in [9.17, 15) is 8.42 Å². The van der Waals surface area contributed by atoms with Gasteiger partial charge < -0.3 is 4.74 Å².